The van der Waals surface area contributed by atoms with Gasteiger partial charge >= 0.3 is 0 Å². The van der Waals surface area contributed by atoms with Crippen molar-refractivity contribution in [1.82, 2.24) is 10.2 Å². The van der Waals surface area contributed by atoms with Crippen molar-refractivity contribution in [3.8, 4) is 0 Å². The van der Waals surface area contributed by atoms with Crippen LogP contribution < -0.4 is 10.5 Å². The molecular formula is C18H23ClN3O2P. The van der Waals surface area contributed by atoms with Gasteiger partial charge in [-0.1, -0.05) is 41.9 Å². The van der Waals surface area contributed by atoms with Gasteiger partial charge in [0.25, 0.3) is 13.4 Å². The molecular weight excluding hydrogens is 357 g/mol. The molecule has 0 aliphatic rings. The first-order valence-corrected chi connectivity index (χ1v) is 10.4. The fraction of sp³-hybridized carbons (Fsp3) is 0.278. The number of anilines is 1. The number of hydrazine groups is 1. The number of halogens is 1. The van der Waals surface area contributed by atoms with Crippen LogP contribution in [-0.4, -0.2) is 22.9 Å². The highest BCUT2D eigenvalue weighted by molar-refractivity contribution is 7.62. The summed E-state index contributed by atoms with van der Waals surface area (Å²) in [6, 6.07) is 15.9. The van der Waals surface area contributed by atoms with E-state index in [-0.39, 0.29) is 5.91 Å². The molecule has 0 aromatic heterocycles. The lowest BCUT2D eigenvalue weighted by atomic mass is 10.1. The van der Waals surface area contributed by atoms with Crippen molar-refractivity contribution in [2.24, 2.45) is 0 Å². The summed E-state index contributed by atoms with van der Waals surface area (Å²) in [5.74, 6) is -0.321. The van der Waals surface area contributed by atoms with Crippen LogP contribution in [0.15, 0.2) is 54.6 Å². The molecule has 0 fully saturated rings. The average molecular weight is 380 g/mol. The number of para-hydroxylation sites is 1. The van der Waals surface area contributed by atoms with E-state index in [0.29, 0.717) is 16.3 Å². The van der Waals surface area contributed by atoms with Crippen LogP contribution in [0.4, 0.5) is 5.69 Å². The van der Waals surface area contributed by atoms with E-state index in [1.165, 1.54) is 4.78 Å². The van der Waals surface area contributed by atoms with Gasteiger partial charge in [-0.05, 0) is 45.0 Å². The number of hydrogen-bond donors (Lipinski definition) is 2. The lowest BCUT2D eigenvalue weighted by Crippen LogP contribution is -2.51. The third-order valence-electron chi connectivity index (χ3n) is 3.46. The van der Waals surface area contributed by atoms with Crippen LogP contribution in [0.2, 0.25) is 5.02 Å². The minimum absolute atomic E-state index is 0.321. The van der Waals surface area contributed by atoms with Gasteiger partial charge in [0.2, 0.25) is 0 Å². The maximum absolute atomic E-state index is 13.4. The molecule has 7 heteroatoms. The van der Waals surface area contributed by atoms with Gasteiger partial charge in [0.1, 0.15) is 0 Å². The van der Waals surface area contributed by atoms with Gasteiger partial charge in [-0.15, -0.1) is 4.78 Å². The normalized spacial score (nSPS) is 14.0. The van der Waals surface area contributed by atoms with Gasteiger partial charge in [0.05, 0.1) is 10.7 Å². The topological polar surface area (TPSA) is 61.4 Å². The Kier molecular flexibility index (Phi) is 5.94. The van der Waals surface area contributed by atoms with Crippen LogP contribution in [0.1, 0.15) is 31.1 Å². The molecule has 0 heterocycles. The zero-order valence-electron chi connectivity index (χ0n) is 14.8. The number of carbonyl (C=O) groups excluding carboxylic acids is 1. The van der Waals surface area contributed by atoms with E-state index in [4.69, 9.17) is 11.6 Å². The van der Waals surface area contributed by atoms with E-state index in [1.807, 2.05) is 26.8 Å². The summed E-state index contributed by atoms with van der Waals surface area (Å²) in [4.78, 5) is 12.5. The van der Waals surface area contributed by atoms with Crippen molar-refractivity contribution >= 4 is 30.6 Å². The quantitative estimate of drug-likeness (QED) is 0.565. The second-order valence-electron chi connectivity index (χ2n) is 6.76. The van der Waals surface area contributed by atoms with Gasteiger partial charge in [-0.3, -0.25) is 14.8 Å². The lowest BCUT2D eigenvalue weighted by molar-refractivity contribution is 0.0796. The SMILES string of the molecule is CC(C)(C)N(NC(=O)c1ccccc1)P(C)(=O)Nc1ccccc1Cl. The molecule has 0 bridgehead atoms. The molecule has 134 valence electrons. The average Bonchev–Trinajstić information content (AvgIpc) is 2.54. The third kappa shape index (κ3) is 5.08. The Hall–Kier alpha value is -1.81. The maximum Gasteiger partial charge on any atom is 0.265 e. The Morgan fingerprint density at radius 3 is 2.16 bits per heavy atom. The Labute approximate surface area is 153 Å². The van der Waals surface area contributed by atoms with Gasteiger partial charge in [0, 0.05) is 17.8 Å². The van der Waals surface area contributed by atoms with Gasteiger partial charge in [-0.25, -0.2) is 0 Å². The molecule has 0 spiro atoms. The number of amides is 1. The zero-order chi connectivity index (χ0) is 18.7. The van der Waals surface area contributed by atoms with Gasteiger partial charge in [-0.2, -0.15) is 0 Å². The Morgan fingerprint density at radius 1 is 1.04 bits per heavy atom. The van der Waals surface area contributed by atoms with Crippen molar-refractivity contribution < 1.29 is 9.36 Å². The highest BCUT2D eigenvalue weighted by Gasteiger charge is 2.36. The third-order valence-corrected chi connectivity index (χ3v) is 5.91. The highest BCUT2D eigenvalue weighted by atomic mass is 35.5. The van der Waals surface area contributed by atoms with E-state index in [0.717, 1.165) is 0 Å². The van der Waals surface area contributed by atoms with Crippen molar-refractivity contribution in [2.75, 3.05) is 11.8 Å². The summed E-state index contributed by atoms with van der Waals surface area (Å²) < 4.78 is 14.9. The summed E-state index contributed by atoms with van der Waals surface area (Å²) in [6.45, 7) is 7.20. The van der Waals surface area contributed by atoms with Crippen molar-refractivity contribution in [1.29, 1.82) is 0 Å². The molecule has 0 radical (unpaired) electrons. The van der Waals surface area contributed by atoms with Crippen LogP contribution in [0.25, 0.3) is 0 Å². The summed E-state index contributed by atoms with van der Waals surface area (Å²) in [6.07, 6.45) is 0. The number of hydrogen-bond acceptors (Lipinski definition) is 2. The predicted octanol–water partition coefficient (Wildman–Crippen LogP) is 5.02. The molecule has 0 aliphatic heterocycles. The largest absolute Gasteiger partial charge is 0.322 e. The Morgan fingerprint density at radius 2 is 1.60 bits per heavy atom. The number of rotatable bonds is 5. The number of nitrogens with zero attached hydrogens (tertiary/aromatic N) is 1. The van der Waals surface area contributed by atoms with Gasteiger partial charge in [0.15, 0.2) is 0 Å². The standard InChI is InChI=1S/C18H23ClN3O2P/c1-18(2,3)22(20-17(23)14-10-6-5-7-11-14)25(4,24)21-16-13-9-8-12-15(16)19/h5-13H,1-4H3,(H,20,23)(H,21,24). The summed E-state index contributed by atoms with van der Waals surface area (Å²) in [7, 11) is -3.18. The highest BCUT2D eigenvalue weighted by Crippen LogP contribution is 2.49. The molecule has 2 N–H and O–H groups in total. The maximum atomic E-state index is 13.4. The molecule has 0 aliphatic carbocycles. The summed E-state index contributed by atoms with van der Waals surface area (Å²) in [5, 5.41) is 3.45. The molecule has 1 atom stereocenters. The smallest absolute Gasteiger partial charge is 0.265 e. The first-order valence-electron chi connectivity index (χ1n) is 7.88. The van der Waals surface area contributed by atoms with Crippen molar-refractivity contribution in [3.63, 3.8) is 0 Å². The summed E-state index contributed by atoms with van der Waals surface area (Å²) >= 11 is 6.16. The zero-order valence-corrected chi connectivity index (χ0v) is 16.4. The Balaban J connectivity index is 2.29. The monoisotopic (exact) mass is 379 g/mol. The van der Waals surface area contributed by atoms with Crippen LogP contribution in [-0.2, 0) is 4.57 Å². The number of carbonyl (C=O) groups is 1. The van der Waals surface area contributed by atoms with E-state index in [9.17, 15) is 9.36 Å². The van der Waals surface area contributed by atoms with Crippen molar-refractivity contribution in [2.45, 2.75) is 26.3 Å². The molecule has 1 unspecified atom stereocenters. The molecule has 5 nitrogen and oxygen atoms in total. The Bertz CT molecular complexity index is 790. The molecule has 2 aromatic carbocycles. The number of nitrogens with one attached hydrogen (secondary N) is 2. The van der Waals surface area contributed by atoms with Crippen LogP contribution >= 0.6 is 19.0 Å². The van der Waals surface area contributed by atoms with E-state index < -0.39 is 13.0 Å². The molecule has 25 heavy (non-hydrogen) atoms. The van der Waals surface area contributed by atoms with Crippen molar-refractivity contribution in [3.05, 3.63) is 65.2 Å². The van der Waals surface area contributed by atoms with E-state index in [2.05, 4.69) is 10.5 Å². The predicted molar refractivity (Wildman–Crippen MR) is 104 cm³/mol. The second kappa shape index (κ2) is 7.61. The lowest BCUT2D eigenvalue weighted by Gasteiger charge is -2.39. The molecule has 0 saturated carbocycles. The van der Waals surface area contributed by atoms with Gasteiger partial charge < -0.3 is 5.09 Å². The van der Waals surface area contributed by atoms with Crippen LogP contribution in [0, 0.1) is 0 Å². The van der Waals surface area contributed by atoms with E-state index in [1.54, 1.807) is 55.2 Å². The minimum Gasteiger partial charge on any atom is -0.322 e. The first-order chi connectivity index (χ1) is 11.6. The molecule has 2 rings (SSSR count). The summed E-state index contributed by atoms with van der Waals surface area (Å²) in [5.41, 5.74) is 3.25. The minimum atomic E-state index is -3.18. The molecule has 0 saturated heterocycles. The second-order valence-corrected chi connectivity index (χ2v) is 9.55. The number of benzene rings is 2. The molecule has 1 amide bonds. The first kappa shape index (κ1) is 19.5. The van der Waals surface area contributed by atoms with Crippen LogP contribution in [0.3, 0.4) is 0 Å². The fourth-order valence-electron chi connectivity index (χ4n) is 2.41. The van der Waals surface area contributed by atoms with E-state index >= 15 is 0 Å². The van der Waals surface area contributed by atoms with Crippen LogP contribution in [0.5, 0.6) is 0 Å². The fourth-order valence-corrected chi connectivity index (χ4v) is 4.83. The molecule has 2 aromatic rings.